The smallest absolute Gasteiger partial charge is 0.251 e. The second-order valence-electron chi connectivity index (χ2n) is 7.12. The molecule has 2 aromatic carbocycles. The third-order valence-corrected chi connectivity index (χ3v) is 6.99. The molecule has 30 heavy (non-hydrogen) atoms. The summed E-state index contributed by atoms with van der Waals surface area (Å²) in [5.74, 6) is -0.214. The molecule has 0 aromatic heterocycles. The topological polar surface area (TPSA) is 105 Å². The number of rotatable bonds is 8. The molecule has 3 atom stereocenters. The summed E-state index contributed by atoms with van der Waals surface area (Å²) in [4.78, 5) is 12.4. The second-order valence-corrected chi connectivity index (χ2v) is 9.26. The number of hydrogen-bond acceptors (Lipinski definition) is 5. The summed E-state index contributed by atoms with van der Waals surface area (Å²) in [6.45, 7) is -0.0565. The first kappa shape index (κ1) is 22.7. The molecule has 0 bridgehead atoms. The molecule has 1 fully saturated rings. The van der Waals surface area contributed by atoms with Crippen LogP contribution in [-0.2, 0) is 14.8 Å². The molecule has 9 heteroatoms. The van der Waals surface area contributed by atoms with Crippen molar-refractivity contribution in [3.63, 3.8) is 0 Å². The van der Waals surface area contributed by atoms with Crippen LogP contribution in [0.2, 0.25) is 5.02 Å². The molecule has 0 spiro atoms. The SMILES string of the molecule is O=C(N[C@H]1CC[C@@H](CCNS(=O)(=O)c2ccccc2Cl)O[C@@H]1CO)c1ccccc1. The fourth-order valence-electron chi connectivity index (χ4n) is 3.45. The molecule has 1 amide bonds. The summed E-state index contributed by atoms with van der Waals surface area (Å²) in [6, 6.07) is 14.8. The lowest BCUT2D eigenvalue weighted by Crippen LogP contribution is -2.51. The highest BCUT2D eigenvalue weighted by Crippen LogP contribution is 2.23. The minimum atomic E-state index is -3.71. The third kappa shape index (κ3) is 5.80. The van der Waals surface area contributed by atoms with Gasteiger partial charge in [0.15, 0.2) is 0 Å². The van der Waals surface area contributed by atoms with Gasteiger partial charge >= 0.3 is 0 Å². The van der Waals surface area contributed by atoms with Gasteiger partial charge in [-0.3, -0.25) is 4.79 Å². The fourth-order valence-corrected chi connectivity index (χ4v) is 5.01. The molecule has 1 saturated heterocycles. The van der Waals surface area contributed by atoms with Gasteiger partial charge in [0, 0.05) is 12.1 Å². The largest absolute Gasteiger partial charge is 0.394 e. The summed E-state index contributed by atoms with van der Waals surface area (Å²) in [5.41, 5.74) is 0.547. The quantitative estimate of drug-likeness (QED) is 0.570. The average molecular weight is 453 g/mol. The third-order valence-electron chi connectivity index (χ3n) is 5.03. The van der Waals surface area contributed by atoms with E-state index < -0.39 is 16.1 Å². The van der Waals surface area contributed by atoms with E-state index in [1.807, 2.05) is 6.07 Å². The highest BCUT2D eigenvalue weighted by atomic mass is 35.5. The molecule has 3 N–H and O–H groups in total. The number of carbonyl (C=O) groups is 1. The minimum absolute atomic E-state index is 0.0353. The van der Waals surface area contributed by atoms with Crippen molar-refractivity contribution >= 4 is 27.5 Å². The maximum Gasteiger partial charge on any atom is 0.251 e. The average Bonchev–Trinajstić information content (AvgIpc) is 2.75. The molecule has 1 heterocycles. The number of aliphatic hydroxyl groups is 1. The summed E-state index contributed by atoms with van der Waals surface area (Å²) in [5, 5.41) is 12.8. The number of amides is 1. The summed E-state index contributed by atoms with van der Waals surface area (Å²) in [6.07, 6.45) is 0.951. The van der Waals surface area contributed by atoms with Crippen LogP contribution in [0.5, 0.6) is 0 Å². The Hall–Kier alpha value is -1.97. The van der Waals surface area contributed by atoms with Crippen molar-refractivity contribution in [2.45, 2.75) is 42.4 Å². The van der Waals surface area contributed by atoms with Gasteiger partial charge in [0.25, 0.3) is 5.91 Å². The van der Waals surface area contributed by atoms with Crippen LogP contribution < -0.4 is 10.0 Å². The lowest BCUT2D eigenvalue weighted by Gasteiger charge is -2.36. The van der Waals surface area contributed by atoms with E-state index in [0.717, 1.165) is 0 Å². The molecule has 0 radical (unpaired) electrons. The zero-order valence-corrected chi connectivity index (χ0v) is 17.9. The molecular formula is C21H25ClN2O5S. The van der Waals surface area contributed by atoms with Gasteiger partial charge in [0.2, 0.25) is 10.0 Å². The van der Waals surface area contributed by atoms with E-state index in [2.05, 4.69) is 10.0 Å². The van der Waals surface area contributed by atoms with E-state index in [0.29, 0.717) is 24.8 Å². The lowest BCUT2D eigenvalue weighted by molar-refractivity contribution is -0.0891. The Kier molecular flexibility index (Phi) is 7.85. The number of hydrogen-bond donors (Lipinski definition) is 3. The number of ether oxygens (including phenoxy) is 1. The molecule has 2 aromatic rings. The molecule has 1 aliphatic rings. The van der Waals surface area contributed by atoms with E-state index in [-0.39, 0.29) is 41.1 Å². The summed E-state index contributed by atoms with van der Waals surface area (Å²) < 4.78 is 33.2. The van der Waals surface area contributed by atoms with Crippen LogP contribution in [0.15, 0.2) is 59.5 Å². The number of sulfonamides is 1. The Bertz CT molecular complexity index is 955. The van der Waals surface area contributed by atoms with E-state index in [9.17, 15) is 18.3 Å². The first-order chi connectivity index (χ1) is 14.4. The summed E-state index contributed by atoms with van der Waals surface area (Å²) in [7, 11) is -3.71. The van der Waals surface area contributed by atoms with Gasteiger partial charge in [-0.25, -0.2) is 13.1 Å². The number of aliphatic hydroxyl groups excluding tert-OH is 1. The zero-order chi connectivity index (χ0) is 21.6. The van der Waals surface area contributed by atoms with Crippen LogP contribution in [0, 0.1) is 0 Å². The minimum Gasteiger partial charge on any atom is -0.394 e. The maximum absolute atomic E-state index is 12.4. The van der Waals surface area contributed by atoms with Gasteiger partial charge in [-0.15, -0.1) is 0 Å². The number of halogens is 1. The van der Waals surface area contributed by atoms with Crippen LogP contribution in [0.1, 0.15) is 29.6 Å². The van der Waals surface area contributed by atoms with Crippen LogP contribution in [0.25, 0.3) is 0 Å². The second kappa shape index (κ2) is 10.4. The predicted octanol–water partition coefficient (Wildman–Crippen LogP) is 2.35. The van der Waals surface area contributed by atoms with Crippen molar-refractivity contribution in [3.8, 4) is 0 Å². The maximum atomic E-state index is 12.4. The standard InChI is InChI=1S/C21H25ClN2O5S/c22-17-8-4-5-9-20(17)30(27,28)23-13-12-16-10-11-18(19(14-25)29-16)24-21(26)15-6-2-1-3-7-15/h1-9,16,18-19,23,25H,10-14H2,(H,24,26)/t16-,18-,19+/m0/s1. The Morgan fingerprint density at radius 1 is 1.10 bits per heavy atom. The van der Waals surface area contributed by atoms with E-state index in [4.69, 9.17) is 16.3 Å². The highest BCUT2D eigenvalue weighted by Gasteiger charge is 2.32. The van der Waals surface area contributed by atoms with Crippen molar-refractivity contribution in [2.75, 3.05) is 13.2 Å². The Morgan fingerprint density at radius 2 is 1.80 bits per heavy atom. The molecule has 0 unspecified atom stereocenters. The molecule has 0 saturated carbocycles. The number of carbonyl (C=O) groups excluding carboxylic acids is 1. The van der Waals surface area contributed by atoms with Crippen LogP contribution >= 0.6 is 11.6 Å². The Morgan fingerprint density at radius 3 is 2.50 bits per heavy atom. The molecule has 162 valence electrons. The normalized spacial score (nSPS) is 21.9. The van der Waals surface area contributed by atoms with Crippen LogP contribution in [-0.4, -0.2) is 50.8 Å². The van der Waals surface area contributed by atoms with Gasteiger partial charge in [-0.2, -0.15) is 0 Å². The van der Waals surface area contributed by atoms with E-state index in [1.54, 1.807) is 36.4 Å². The van der Waals surface area contributed by atoms with Gasteiger partial charge in [-0.05, 0) is 43.5 Å². The molecule has 3 rings (SSSR count). The Labute approximate surface area is 181 Å². The van der Waals surface area contributed by atoms with Crippen molar-refractivity contribution in [1.29, 1.82) is 0 Å². The monoisotopic (exact) mass is 452 g/mol. The highest BCUT2D eigenvalue weighted by molar-refractivity contribution is 7.89. The van der Waals surface area contributed by atoms with Crippen LogP contribution in [0.3, 0.4) is 0 Å². The molecule has 7 nitrogen and oxygen atoms in total. The Balaban J connectivity index is 1.50. The van der Waals surface area contributed by atoms with Crippen LogP contribution in [0.4, 0.5) is 0 Å². The van der Waals surface area contributed by atoms with Gasteiger partial charge in [-0.1, -0.05) is 41.9 Å². The number of benzene rings is 2. The van der Waals surface area contributed by atoms with Crippen molar-refractivity contribution < 1.29 is 23.1 Å². The van der Waals surface area contributed by atoms with Gasteiger partial charge < -0.3 is 15.2 Å². The first-order valence-corrected chi connectivity index (χ1v) is 11.6. The van der Waals surface area contributed by atoms with E-state index >= 15 is 0 Å². The summed E-state index contributed by atoms with van der Waals surface area (Å²) >= 11 is 5.97. The van der Waals surface area contributed by atoms with Crippen molar-refractivity contribution in [1.82, 2.24) is 10.0 Å². The fraction of sp³-hybridized carbons (Fsp3) is 0.381. The predicted molar refractivity (Wildman–Crippen MR) is 114 cm³/mol. The van der Waals surface area contributed by atoms with Gasteiger partial charge in [0.1, 0.15) is 11.0 Å². The molecule has 0 aliphatic carbocycles. The zero-order valence-electron chi connectivity index (χ0n) is 16.3. The molecule has 1 aliphatic heterocycles. The molecular weight excluding hydrogens is 428 g/mol. The van der Waals surface area contributed by atoms with Crippen molar-refractivity contribution in [2.24, 2.45) is 0 Å². The number of nitrogens with one attached hydrogen (secondary N) is 2. The van der Waals surface area contributed by atoms with E-state index in [1.165, 1.54) is 12.1 Å². The lowest BCUT2D eigenvalue weighted by atomic mass is 9.97. The van der Waals surface area contributed by atoms with Crippen molar-refractivity contribution in [3.05, 3.63) is 65.2 Å². The first-order valence-electron chi connectivity index (χ1n) is 9.77. The van der Waals surface area contributed by atoms with Gasteiger partial charge in [0.05, 0.1) is 23.8 Å².